The molecule has 5 nitrogen and oxygen atoms in total. The SMILES string of the molecule is COc1ccc(Cl)cc1C(=O)Nc1ccc(-c2cn3cccc(C)c3n2)cc1. The predicted molar refractivity (Wildman–Crippen MR) is 111 cm³/mol. The highest BCUT2D eigenvalue weighted by atomic mass is 35.5. The zero-order valence-electron chi connectivity index (χ0n) is 15.4. The maximum atomic E-state index is 12.6. The van der Waals surface area contributed by atoms with Gasteiger partial charge in [-0.15, -0.1) is 0 Å². The molecule has 2 aromatic carbocycles. The second-order valence-corrected chi connectivity index (χ2v) is 6.86. The van der Waals surface area contributed by atoms with Gasteiger partial charge in [0, 0.05) is 28.7 Å². The summed E-state index contributed by atoms with van der Waals surface area (Å²) in [6.07, 6.45) is 3.97. The van der Waals surface area contributed by atoms with E-state index in [1.54, 1.807) is 18.2 Å². The molecule has 6 heteroatoms. The third-order valence-corrected chi connectivity index (χ3v) is 4.76. The van der Waals surface area contributed by atoms with Crippen molar-refractivity contribution in [3.05, 3.63) is 83.1 Å². The summed E-state index contributed by atoms with van der Waals surface area (Å²) in [4.78, 5) is 17.3. The quantitative estimate of drug-likeness (QED) is 0.518. The Hall–Kier alpha value is -3.31. The molecule has 0 atom stereocenters. The normalized spacial score (nSPS) is 10.8. The Morgan fingerprint density at radius 3 is 2.64 bits per heavy atom. The summed E-state index contributed by atoms with van der Waals surface area (Å²) >= 11 is 6.01. The zero-order chi connectivity index (χ0) is 19.7. The third kappa shape index (κ3) is 3.44. The molecule has 28 heavy (non-hydrogen) atoms. The Kier molecular flexibility index (Phi) is 4.75. The fourth-order valence-corrected chi connectivity index (χ4v) is 3.25. The van der Waals surface area contributed by atoms with Gasteiger partial charge in [0.25, 0.3) is 5.91 Å². The van der Waals surface area contributed by atoms with Crippen LogP contribution in [-0.4, -0.2) is 22.4 Å². The Morgan fingerprint density at radius 2 is 1.93 bits per heavy atom. The average Bonchev–Trinajstić information content (AvgIpc) is 3.14. The lowest BCUT2D eigenvalue weighted by molar-refractivity contribution is 0.102. The van der Waals surface area contributed by atoms with E-state index in [-0.39, 0.29) is 5.91 Å². The van der Waals surface area contributed by atoms with Gasteiger partial charge in [-0.1, -0.05) is 29.8 Å². The minimum absolute atomic E-state index is 0.282. The van der Waals surface area contributed by atoms with E-state index in [0.29, 0.717) is 22.0 Å². The van der Waals surface area contributed by atoms with E-state index in [9.17, 15) is 4.79 Å². The highest BCUT2D eigenvalue weighted by Crippen LogP contribution is 2.25. The molecule has 0 saturated carbocycles. The van der Waals surface area contributed by atoms with Gasteiger partial charge in [0.2, 0.25) is 0 Å². The number of hydrogen-bond donors (Lipinski definition) is 1. The molecule has 2 aromatic heterocycles. The highest BCUT2D eigenvalue weighted by Gasteiger charge is 2.13. The summed E-state index contributed by atoms with van der Waals surface area (Å²) in [5, 5.41) is 3.35. The van der Waals surface area contributed by atoms with Crippen LogP contribution in [0.1, 0.15) is 15.9 Å². The average molecular weight is 392 g/mol. The fourth-order valence-electron chi connectivity index (χ4n) is 3.07. The van der Waals surface area contributed by atoms with Crippen LogP contribution in [0, 0.1) is 6.92 Å². The van der Waals surface area contributed by atoms with Crippen LogP contribution in [-0.2, 0) is 0 Å². The number of pyridine rings is 1. The molecule has 1 amide bonds. The van der Waals surface area contributed by atoms with Crippen molar-refractivity contribution in [2.75, 3.05) is 12.4 Å². The number of nitrogens with one attached hydrogen (secondary N) is 1. The molecular formula is C22H18ClN3O2. The number of ether oxygens (including phenoxy) is 1. The summed E-state index contributed by atoms with van der Waals surface area (Å²) in [6, 6.07) is 16.5. The van der Waals surface area contributed by atoms with Crippen LogP contribution < -0.4 is 10.1 Å². The number of rotatable bonds is 4. The number of hydrogen-bond acceptors (Lipinski definition) is 3. The van der Waals surface area contributed by atoms with Crippen molar-refractivity contribution in [2.45, 2.75) is 6.92 Å². The second-order valence-electron chi connectivity index (χ2n) is 6.42. The maximum absolute atomic E-state index is 12.6. The number of carbonyl (C=O) groups excluding carboxylic acids is 1. The molecule has 4 rings (SSSR count). The zero-order valence-corrected chi connectivity index (χ0v) is 16.2. The number of imidazole rings is 1. The maximum Gasteiger partial charge on any atom is 0.259 e. The monoisotopic (exact) mass is 391 g/mol. The molecule has 0 spiro atoms. The Labute approximate surface area is 167 Å². The van der Waals surface area contributed by atoms with Crippen molar-refractivity contribution in [1.29, 1.82) is 0 Å². The van der Waals surface area contributed by atoms with Crippen LogP contribution in [0.4, 0.5) is 5.69 Å². The van der Waals surface area contributed by atoms with E-state index >= 15 is 0 Å². The number of halogens is 1. The van der Waals surface area contributed by atoms with Gasteiger partial charge in [-0.3, -0.25) is 4.79 Å². The van der Waals surface area contributed by atoms with Crippen LogP contribution in [0.2, 0.25) is 5.02 Å². The standard InChI is InChI=1S/C22H18ClN3O2/c1-14-4-3-11-26-13-19(25-21(14)26)15-5-8-17(9-6-15)24-22(27)18-12-16(23)7-10-20(18)28-2/h3-13H,1-2H3,(H,24,27). The highest BCUT2D eigenvalue weighted by molar-refractivity contribution is 6.31. The summed E-state index contributed by atoms with van der Waals surface area (Å²) in [5.74, 6) is 0.189. The summed E-state index contributed by atoms with van der Waals surface area (Å²) in [7, 11) is 1.52. The molecule has 2 heterocycles. The Morgan fingerprint density at radius 1 is 1.14 bits per heavy atom. The number of nitrogens with zero attached hydrogens (tertiary/aromatic N) is 2. The lowest BCUT2D eigenvalue weighted by Gasteiger charge is -2.10. The van der Waals surface area contributed by atoms with Crippen molar-refractivity contribution >= 4 is 28.8 Å². The van der Waals surface area contributed by atoms with Gasteiger partial charge in [0.05, 0.1) is 18.4 Å². The number of amides is 1. The van der Waals surface area contributed by atoms with Crippen LogP contribution in [0.15, 0.2) is 67.0 Å². The van der Waals surface area contributed by atoms with Crippen molar-refractivity contribution in [3.8, 4) is 17.0 Å². The number of aromatic nitrogens is 2. The number of anilines is 1. The van der Waals surface area contributed by atoms with Gasteiger partial charge in [-0.25, -0.2) is 4.98 Å². The van der Waals surface area contributed by atoms with E-state index < -0.39 is 0 Å². The number of fused-ring (bicyclic) bond motifs is 1. The van der Waals surface area contributed by atoms with Gasteiger partial charge < -0.3 is 14.5 Å². The van der Waals surface area contributed by atoms with Crippen molar-refractivity contribution in [3.63, 3.8) is 0 Å². The first kappa shape index (κ1) is 18.1. The van der Waals surface area contributed by atoms with E-state index in [2.05, 4.69) is 5.32 Å². The van der Waals surface area contributed by atoms with Crippen molar-refractivity contribution in [2.24, 2.45) is 0 Å². The first-order valence-electron chi connectivity index (χ1n) is 8.75. The molecule has 0 radical (unpaired) electrons. The Balaban J connectivity index is 1.57. The molecular weight excluding hydrogens is 374 g/mol. The first-order chi connectivity index (χ1) is 13.5. The van der Waals surface area contributed by atoms with Gasteiger partial charge >= 0.3 is 0 Å². The number of carbonyl (C=O) groups is 1. The molecule has 1 N–H and O–H groups in total. The number of aryl methyl sites for hydroxylation is 1. The van der Waals surface area contributed by atoms with E-state index in [0.717, 1.165) is 22.5 Å². The van der Waals surface area contributed by atoms with Gasteiger partial charge in [-0.05, 0) is 48.9 Å². The van der Waals surface area contributed by atoms with E-state index in [1.165, 1.54) is 7.11 Å². The summed E-state index contributed by atoms with van der Waals surface area (Å²) in [6.45, 7) is 2.04. The van der Waals surface area contributed by atoms with Gasteiger partial charge in [0.15, 0.2) is 0 Å². The van der Waals surface area contributed by atoms with Crippen molar-refractivity contribution in [1.82, 2.24) is 9.38 Å². The molecule has 4 aromatic rings. The number of methoxy groups -OCH3 is 1. The molecule has 0 fully saturated rings. The number of benzene rings is 2. The molecule has 0 unspecified atom stereocenters. The van der Waals surface area contributed by atoms with Crippen LogP contribution in [0.3, 0.4) is 0 Å². The summed E-state index contributed by atoms with van der Waals surface area (Å²) in [5.41, 5.74) is 4.96. The van der Waals surface area contributed by atoms with Crippen LogP contribution >= 0.6 is 11.6 Å². The molecule has 140 valence electrons. The predicted octanol–water partition coefficient (Wildman–Crippen LogP) is 5.22. The molecule has 0 bridgehead atoms. The Bertz CT molecular complexity index is 1170. The molecule has 0 aliphatic carbocycles. The minimum atomic E-state index is -0.282. The van der Waals surface area contributed by atoms with Crippen LogP contribution in [0.25, 0.3) is 16.9 Å². The van der Waals surface area contributed by atoms with Crippen molar-refractivity contribution < 1.29 is 9.53 Å². The van der Waals surface area contributed by atoms with E-state index in [4.69, 9.17) is 21.3 Å². The third-order valence-electron chi connectivity index (χ3n) is 4.52. The molecule has 0 saturated heterocycles. The fraction of sp³-hybridized carbons (Fsp3) is 0.0909. The van der Waals surface area contributed by atoms with Gasteiger partial charge in [0.1, 0.15) is 11.4 Å². The minimum Gasteiger partial charge on any atom is -0.496 e. The van der Waals surface area contributed by atoms with Gasteiger partial charge in [-0.2, -0.15) is 0 Å². The summed E-state index contributed by atoms with van der Waals surface area (Å²) < 4.78 is 7.25. The lowest BCUT2D eigenvalue weighted by atomic mass is 10.1. The second kappa shape index (κ2) is 7.37. The smallest absolute Gasteiger partial charge is 0.259 e. The largest absolute Gasteiger partial charge is 0.496 e. The van der Waals surface area contributed by atoms with Crippen LogP contribution in [0.5, 0.6) is 5.75 Å². The lowest BCUT2D eigenvalue weighted by Crippen LogP contribution is -2.13. The molecule has 0 aliphatic heterocycles. The molecule has 0 aliphatic rings. The first-order valence-corrected chi connectivity index (χ1v) is 9.12. The van der Waals surface area contributed by atoms with E-state index in [1.807, 2.05) is 60.1 Å². The topological polar surface area (TPSA) is 55.6 Å².